The SMILES string of the molecule is CC(C)(C)NC(=S)Nc1ccc2snnc2c1. The molecule has 4 nitrogen and oxygen atoms in total. The molecule has 0 aliphatic heterocycles. The lowest BCUT2D eigenvalue weighted by Gasteiger charge is -2.23. The molecule has 0 saturated carbocycles. The summed E-state index contributed by atoms with van der Waals surface area (Å²) in [6, 6.07) is 5.90. The van der Waals surface area contributed by atoms with Crippen molar-refractivity contribution in [2.75, 3.05) is 5.32 Å². The first kappa shape index (κ1) is 12.2. The van der Waals surface area contributed by atoms with Crippen molar-refractivity contribution in [3.8, 4) is 0 Å². The van der Waals surface area contributed by atoms with Crippen LogP contribution >= 0.6 is 23.8 Å². The molecule has 0 aliphatic rings. The van der Waals surface area contributed by atoms with Crippen LogP contribution in [0.25, 0.3) is 10.2 Å². The Labute approximate surface area is 110 Å². The number of thiocarbonyl (C=S) groups is 1. The maximum absolute atomic E-state index is 5.23. The lowest BCUT2D eigenvalue weighted by atomic mass is 10.1. The van der Waals surface area contributed by atoms with Crippen LogP contribution in [0.2, 0.25) is 0 Å². The zero-order valence-corrected chi connectivity index (χ0v) is 11.6. The van der Waals surface area contributed by atoms with E-state index in [1.807, 2.05) is 18.2 Å². The third-order valence-corrected chi connectivity index (χ3v) is 2.90. The topological polar surface area (TPSA) is 49.8 Å². The van der Waals surface area contributed by atoms with Crippen LogP contribution in [0.1, 0.15) is 20.8 Å². The van der Waals surface area contributed by atoms with Gasteiger partial charge >= 0.3 is 0 Å². The number of rotatable bonds is 1. The van der Waals surface area contributed by atoms with Crippen molar-refractivity contribution in [3.63, 3.8) is 0 Å². The standard InChI is InChI=1S/C11H14N4S2/c1-11(2,3)13-10(16)12-7-4-5-9-8(6-7)14-15-17-9/h4-6H,1-3H3,(H2,12,13,16). The lowest BCUT2D eigenvalue weighted by Crippen LogP contribution is -2.42. The van der Waals surface area contributed by atoms with E-state index in [0.29, 0.717) is 5.11 Å². The highest BCUT2D eigenvalue weighted by molar-refractivity contribution is 7.80. The molecule has 1 aromatic carbocycles. The van der Waals surface area contributed by atoms with E-state index in [4.69, 9.17) is 12.2 Å². The van der Waals surface area contributed by atoms with Crippen LogP contribution in [0.15, 0.2) is 18.2 Å². The predicted octanol–water partition coefficient (Wildman–Crippen LogP) is 2.78. The Balaban J connectivity index is 2.10. The molecule has 1 aromatic heterocycles. The molecule has 2 N–H and O–H groups in total. The monoisotopic (exact) mass is 266 g/mol. The second-order valence-electron chi connectivity index (χ2n) is 4.78. The molecular formula is C11H14N4S2. The Morgan fingerprint density at radius 3 is 2.82 bits per heavy atom. The van der Waals surface area contributed by atoms with Crippen LogP contribution in [0.3, 0.4) is 0 Å². The van der Waals surface area contributed by atoms with Gasteiger partial charge < -0.3 is 10.6 Å². The molecule has 0 bridgehead atoms. The summed E-state index contributed by atoms with van der Waals surface area (Å²) in [6.45, 7) is 6.19. The summed E-state index contributed by atoms with van der Waals surface area (Å²) in [5, 5.41) is 11.0. The Morgan fingerprint density at radius 2 is 2.12 bits per heavy atom. The van der Waals surface area contributed by atoms with E-state index in [1.54, 1.807) is 0 Å². The fourth-order valence-electron chi connectivity index (χ4n) is 1.36. The molecule has 0 saturated heterocycles. The second-order valence-corrected chi connectivity index (χ2v) is 5.98. The molecule has 6 heteroatoms. The Kier molecular flexibility index (Phi) is 3.26. The first-order valence-electron chi connectivity index (χ1n) is 5.25. The van der Waals surface area contributed by atoms with E-state index in [2.05, 4.69) is 41.0 Å². The van der Waals surface area contributed by atoms with Crippen LogP contribution in [0, 0.1) is 0 Å². The molecule has 0 radical (unpaired) electrons. The van der Waals surface area contributed by atoms with Crippen molar-refractivity contribution >= 4 is 44.8 Å². The first-order valence-corrected chi connectivity index (χ1v) is 6.43. The number of anilines is 1. The van der Waals surface area contributed by atoms with Gasteiger partial charge in [-0.3, -0.25) is 0 Å². The fraction of sp³-hybridized carbons (Fsp3) is 0.364. The molecule has 0 spiro atoms. The van der Waals surface area contributed by atoms with Gasteiger partial charge in [-0.1, -0.05) is 4.49 Å². The van der Waals surface area contributed by atoms with Crippen LogP contribution in [-0.4, -0.2) is 20.2 Å². The van der Waals surface area contributed by atoms with Gasteiger partial charge in [0.2, 0.25) is 0 Å². The van der Waals surface area contributed by atoms with Crippen LogP contribution in [0.5, 0.6) is 0 Å². The van der Waals surface area contributed by atoms with Gasteiger partial charge in [0.15, 0.2) is 5.11 Å². The third-order valence-electron chi connectivity index (χ3n) is 1.99. The molecule has 0 aliphatic carbocycles. The van der Waals surface area contributed by atoms with E-state index in [-0.39, 0.29) is 5.54 Å². The largest absolute Gasteiger partial charge is 0.358 e. The molecule has 2 aromatic rings. The summed E-state index contributed by atoms with van der Waals surface area (Å²) in [6.07, 6.45) is 0. The van der Waals surface area contributed by atoms with Crippen LogP contribution in [0.4, 0.5) is 5.69 Å². The van der Waals surface area contributed by atoms with Crippen molar-refractivity contribution in [2.45, 2.75) is 26.3 Å². The van der Waals surface area contributed by atoms with E-state index in [1.165, 1.54) is 11.5 Å². The number of hydrogen-bond acceptors (Lipinski definition) is 4. The van der Waals surface area contributed by atoms with Gasteiger partial charge in [0.1, 0.15) is 5.52 Å². The molecule has 90 valence electrons. The molecule has 0 unspecified atom stereocenters. The van der Waals surface area contributed by atoms with Gasteiger partial charge in [0, 0.05) is 11.2 Å². The predicted molar refractivity (Wildman–Crippen MR) is 76.5 cm³/mol. The average molecular weight is 266 g/mol. The van der Waals surface area contributed by atoms with E-state index in [9.17, 15) is 0 Å². The summed E-state index contributed by atoms with van der Waals surface area (Å²) >= 11 is 6.62. The van der Waals surface area contributed by atoms with Gasteiger partial charge in [0.05, 0.1) is 4.70 Å². The normalized spacial score (nSPS) is 11.5. The van der Waals surface area contributed by atoms with E-state index in [0.717, 1.165) is 15.9 Å². The number of nitrogens with one attached hydrogen (secondary N) is 2. The highest BCUT2D eigenvalue weighted by Crippen LogP contribution is 2.19. The number of fused-ring (bicyclic) bond motifs is 1. The lowest BCUT2D eigenvalue weighted by molar-refractivity contribution is 0.515. The first-order chi connectivity index (χ1) is 7.94. The number of nitrogens with zero attached hydrogens (tertiary/aromatic N) is 2. The molecule has 0 fully saturated rings. The van der Waals surface area contributed by atoms with Gasteiger partial charge in [-0.25, -0.2) is 0 Å². The molecule has 0 amide bonds. The van der Waals surface area contributed by atoms with Crippen molar-refractivity contribution in [1.29, 1.82) is 0 Å². The molecule has 17 heavy (non-hydrogen) atoms. The summed E-state index contributed by atoms with van der Waals surface area (Å²) in [5.41, 5.74) is 1.77. The maximum atomic E-state index is 5.23. The Bertz CT molecular complexity index is 542. The molecule has 1 heterocycles. The maximum Gasteiger partial charge on any atom is 0.171 e. The second kappa shape index (κ2) is 4.54. The number of benzene rings is 1. The molecule has 0 atom stereocenters. The summed E-state index contributed by atoms with van der Waals surface area (Å²) in [7, 11) is 0. The zero-order chi connectivity index (χ0) is 12.5. The summed E-state index contributed by atoms with van der Waals surface area (Å²) in [5.74, 6) is 0. The fourth-order valence-corrected chi connectivity index (χ4v) is 2.32. The summed E-state index contributed by atoms with van der Waals surface area (Å²) < 4.78 is 4.97. The van der Waals surface area contributed by atoms with Crippen LogP contribution < -0.4 is 10.6 Å². The minimum atomic E-state index is -0.0453. The van der Waals surface area contributed by atoms with E-state index < -0.39 is 0 Å². The van der Waals surface area contributed by atoms with Gasteiger partial charge in [-0.05, 0) is 62.7 Å². The number of hydrogen-bond donors (Lipinski definition) is 2. The highest BCUT2D eigenvalue weighted by atomic mass is 32.1. The minimum Gasteiger partial charge on any atom is -0.358 e. The molecular weight excluding hydrogens is 252 g/mol. The zero-order valence-electron chi connectivity index (χ0n) is 9.94. The van der Waals surface area contributed by atoms with Crippen LogP contribution in [-0.2, 0) is 0 Å². The van der Waals surface area contributed by atoms with Gasteiger partial charge in [-0.15, -0.1) is 5.10 Å². The van der Waals surface area contributed by atoms with E-state index >= 15 is 0 Å². The van der Waals surface area contributed by atoms with Gasteiger partial charge in [0.25, 0.3) is 0 Å². The van der Waals surface area contributed by atoms with Crippen molar-refractivity contribution in [3.05, 3.63) is 18.2 Å². The highest BCUT2D eigenvalue weighted by Gasteiger charge is 2.11. The Morgan fingerprint density at radius 1 is 1.35 bits per heavy atom. The Hall–Kier alpha value is -1.27. The minimum absolute atomic E-state index is 0.0453. The van der Waals surface area contributed by atoms with Gasteiger partial charge in [-0.2, -0.15) is 0 Å². The smallest absolute Gasteiger partial charge is 0.171 e. The van der Waals surface area contributed by atoms with Crippen molar-refractivity contribution in [1.82, 2.24) is 14.9 Å². The van der Waals surface area contributed by atoms with Crippen molar-refractivity contribution in [2.24, 2.45) is 0 Å². The molecule has 2 rings (SSSR count). The van der Waals surface area contributed by atoms with Crippen molar-refractivity contribution < 1.29 is 0 Å². The number of aromatic nitrogens is 2. The third kappa shape index (κ3) is 3.34. The quantitative estimate of drug-likeness (QED) is 0.777. The summed E-state index contributed by atoms with van der Waals surface area (Å²) in [4.78, 5) is 0. The average Bonchev–Trinajstić information content (AvgIpc) is 2.61.